The first-order chi connectivity index (χ1) is 16.7. The summed E-state index contributed by atoms with van der Waals surface area (Å²) in [5.41, 5.74) is 3.10. The highest BCUT2D eigenvalue weighted by Gasteiger charge is 2.51. The molecule has 0 radical (unpaired) electrons. The van der Waals surface area contributed by atoms with Crippen LogP contribution in [0.2, 0.25) is 0 Å². The fourth-order valence-corrected chi connectivity index (χ4v) is 4.51. The van der Waals surface area contributed by atoms with Gasteiger partial charge in [-0.1, -0.05) is 12.1 Å². The summed E-state index contributed by atoms with van der Waals surface area (Å²) in [5.74, 6) is -1.93. The van der Waals surface area contributed by atoms with Crippen molar-refractivity contribution in [2.75, 3.05) is 0 Å². The number of hydrogen-bond acceptors (Lipinski definition) is 6. The third kappa shape index (κ3) is 4.50. The average molecular weight is 478 g/mol. The zero-order valence-electron chi connectivity index (χ0n) is 19.7. The molecule has 2 aliphatic heterocycles. The molecule has 2 amide bonds. The molecule has 5 rings (SSSR count). The molecule has 4 heterocycles. The Balaban J connectivity index is 1.28. The third-order valence-electron chi connectivity index (χ3n) is 6.29. The Morgan fingerprint density at radius 2 is 1.89 bits per heavy atom. The van der Waals surface area contributed by atoms with E-state index in [1.807, 2.05) is 49.5 Å². The van der Waals surface area contributed by atoms with Crippen LogP contribution >= 0.6 is 0 Å². The van der Waals surface area contributed by atoms with Crippen LogP contribution in [-0.2, 0) is 32.2 Å². The first-order valence-electron chi connectivity index (χ1n) is 11.5. The molecule has 0 spiro atoms. The van der Waals surface area contributed by atoms with Crippen LogP contribution in [0.5, 0.6) is 0 Å². The van der Waals surface area contributed by atoms with Gasteiger partial charge in [-0.25, -0.2) is 4.68 Å². The van der Waals surface area contributed by atoms with Crippen molar-refractivity contribution in [3.8, 4) is 5.69 Å². The van der Waals surface area contributed by atoms with Crippen molar-refractivity contribution in [3.63, 3.8) is 0 Å². The Hall–Kier alpha value is -3.76. The number of fused-ring (bicyclic) bond motifs is 1. The Morgan fingerprint density at radius 1 is 1.14 bits per heavy atom. The van der Waals surface area contributed by atoms with Gasteiger partial charge in [-0.2, -0.15) is 9.83 Å². The molecule has 0 aliphatic carbocycles. The molecule has 2 aromatic heterocycles. The summed E-state index contributed by atoms with van der Waals surface area (Å²) in [6.45, 7) is 5.64. The van der Waals surface area contributed by atoms with E-state index in [1.54, 1.807) is 30.8 Å². The van der Waals surface area contributed by atoms with Gasteiger partial charge >= 0.3 is 0 Å². The monoisotopic (exact) mass is 477 g/mol. The molecular weight excluding hydrogens is 450 g/mol. The van der Waals surface area contributed by atoms with Crippen molar-refractivity contribution in [2.45, 2.75) is 57.9 Å². The molecule has 0 bridgehead atoms. The highest BCUT2D eigenvalue weighted by molar-refractivity contribution is 5.92. The predicted octanol–water partition coefficient (Wildman–Crippen LogP) is 1.75. The second kappa shape index (κ2) is 8.79. The van der Waals surface area contributed by atoms with Crippen LogP contribution in [0.4, 0.5) is 0 Å². The van der Waals surface area contributed by atoms with Crippen LogP contribution in [0.3, 0.4) is 0 Å². The molecule has 0 unspecified atom stereocenters. The average Bonchev–Trinajstić information content (AvgIpc) is 3.57. The lowest BCUT2D eigenvalue weighted by atomic mass is 10.1. The first-order valence-corrected chi connectivity index (χ1v) is 11.5. The molecule has 1 fully saturated rings. The number of benzene rings is 1. The van der Waals surface area contributed by atoms with Crippen LogP contribution in [0.1, 0.15) is 43.6 Å². The van der Waals surface area contributed by atoms with E-state index in [0.29, 0.717) is 5.69 Å². The summed E-state index contributed by atoms with van der Waals surface area (Å²) >= 11 is 0. The lowest BCUT2D eigenvalue weighted by Crippen LogP contribution is -2.48. The number of ether oxygens (including phenoxy) is 2. The van der Waals surface area contributed by atoms with E-state index in [4.69, 9.17) is 9.47 Å². The lowest BCUT2D eigenvalue weighted by Gasteiger charge is -2.23. The zero-order valence-corrected chi connectivity index (χ0v) is 19.7. The van der Waals surface area contributed by atoms with Crippen LogP contribution < -0.4 is 10.0 Å². The molecule has 0 saturated carbocycles. The number of amides is 2. The maximum Gasteiger partial charge on any atom is 0.255 e. The SMILES string of the molecule is C[C@@H](NC(=O)[C@@H]1OC(C)(C)O[C@H]1C(=O)N1Cc2ccc[n+]([O-])c2C1)c1ccc(-n2cccn2)cc1. The summed E-state index contributed by atoms with van der Waals surface area (Å²) in [5, 5.41) is 19.2. The Kier molecular flexibility index (Phi) is 5.78. The van der Waals surface area contributed by atoms with Gasteiger partial charge in [-0.15, -0.1) is 0 Å². The van der Waals surface area contributed by atoms with Gasteiger partial charge in [0.2, 0.25) is 5.69 Å². The van der Waals surface area contributed by atoms with Crippen molar-refractivity contribution in [2.24, 2.45) is 0 Å². The molecule has 10 nitrogen and oxygen atoms in total. The van der Waals surface area contributed by atoms with Crippen molar-refractivity contribution in [1.29, 1.82) is 0 Å². The van der Waals surface area contributed by atoms with Crippen LogP contribution in [0, 0.1) is 5.21 Å². The van der Waals surface area contributed by atoms with Crippen LogP contribution in [0.15, 0.2) is 61.1 Å². The van der Waals surface area contributed by atoms with E-state index in [0.717, 1.165) is 21.5 Å². The summed E-state index contributed by atoms with van der Waals surface area (Å²) in [6.07, 6.45) is 2.73. The Morgan fingerprint density at radius 3 is 2.57 bits per heavy atom. The number of pyridine rings is 1. The minimum Gasteiger partial charge on any atom is -0.618 e. The zero-order chi connectivity index (χ0) is 24.7. The second-order valence-electron chi connectivity index (χ2n) is 9.25. The minimum absolute atomic E-state index is 0.159. The van der Waals surface area contributed by atoms with E-state index in [-0.39, 0.29) is 25.0 Å². The van der Waals surface area contributed by atoms with Crippen LogP contribution in [0.25, 0.3) is 5.69 Å². The maximum atomic E-state index is 13.4. The largest absolute Gasteiger partial charge is 0.618 e. The predicted molar refractivity (Wildman–Crippen MR) is 124 cm³/mol. The Labute approximate surface area is 202 Å². The van der Waals surface area contributed by atoms with Gasteiger partial charge in [0.15, 0.2) is 24.2 Å². The van der Waals surface area contributed by atoms with E-state index < -0.39 is 23.9 Å². The molecule has 3 aromatic rings. The van der Waals surface area contributed by atoms with E-state index in [2.05, 4.69) is 10.4 Å². The molecule has 1 N–H and O–H groups in total. The van der Waals surface area contributed by atoms with Crippen LogP contribution in [-0.4, -0.2) is 44.5 Å². The number of aromatic nitrogens is 3. The highest BCUT2D eigenvalue weighted by atomic mass is 16.8. The third-order valence-corrected chi connectivity index (χ3v) is 6.29. The van der Waals surface area contributed by atoms with Gasteiger partial charge in [0, 0.05) is 24.0 Å². The van der Waals surface area contributed by atoms with Gasteiger partial charge in [0.05, 0.1) is 18.3 Å². The number of hydrogen-bond donors (Lipinski definition) is 1. The molecule has 182 valence electrons. The van der Waals surface area contributed by atoms with Crippen molar-refractivity contribution < 1.29 is 23.8 Å². The fraction of sp³-hybridized carbons (Fsp3) is 0.360. The molecular formula is C25H27N5O5. The van der Waals surface area contributed by atoms with Gasteiger partial charge in [-0.3, -0.25) is 9.59 Å². The maximum absolute atomic E-state index is 13.4. The highest BCUT2D eigenvalue weighted by Crippen LogP contribution is 2.32. The fourth-order valence-electron chi connectivity index (χ4n) is 4.51. The molecule has 3 atom stereocenters. The Bertz CT molecular complexity index is 1240. The van der Waals surface area contributed by atoms with Gasteiger partial charge < -0.3 is 24.9 Å². The van der Waals surface area contributed by atoms with Crippen molar-refractivity contribution >= 4 is 11.8 Å². The number of nitrogens with zero attached hydrogens (tertiary/aromatic N) is 4. The molecule has 35 heavy (non-hydrogen) atoms. The minimum atomic E-state index is -1.12. The molecule has 2 aliphatic rings. The van der Waals surface area contributed by atoms with Crippen molar-refractivity contribution in [1.82, 2.24) is 20.0 Å². The number of carbonyl (C=O) groups is 2. The number of nitrogens with one attached hydrogen (secondary N) is 1. The molecule has 10 heteroatoms. The molecule has 1 saturated heterocycles. The van der Waals surface area contributed by atoms with E-state index >= 15 is 0 Å². The lowest BCUT2D eigenvalue weighted by molar-refractivity contribution is -0.614. The molecule has 1 aromatic carbocycles. The second-order valence-corrected chi connectivity index (χ2v) is 9.25. The van der Waals surface area contributed by atoms with Crippen molar-refractivity contribution in [3.05, 3.63) is 83.1 Å². The number of rotatable bonds is 5. The van der Waals surface area contributed by atoms with Gasteiger partial charge in [0.1, 0.15) is 6.54 Å². The van der Waals surface area contributed by atoms with E-state index in [9.17, 15) is 14.8 Å². The first kappa shape index (κ1) is 23.0. The summed E-state index contributed by atoms with van der Waals surface area (Å²) < 4.78 is 14.2. The smallest absolute Gasteiger partial charge is 0.255 e. The normalized spacial score (nSPS) is 21.5. The summed E-state index contributed by atoms with van der Waals surface area (Å²) in [7, 11) is 0. The van der Waals surface area contributed by atoms with E-state index in [1.165, 1.54) is 11.1 Å². The van der Waals surface area contributed by atoms with Gasteiger partial charge in [-0.05, 0) is 50.6 Å². The quantitative estimate of drug-likeness (QED) is 0.443. The standard InChI is InChI=1S/C25H27N5O5/c1-16(17-7-9-19(10-8-17)29-12-5-11-26-29)27-23(31)21-22(35-25(2,3)34-21)24(32)28-14-18-6-4-13-30(33)20(18)15-28/h4-13,16,21-22H,14-15H2,1-3H3,(H,27,31)/t16-,21-,22-/m1/s1. The number of carbonyl (C=O) groups excluding carboxylic acids is 2. The summed E-state index contributed by atoms with van der Waals surface area (Å²) in [6, 6.07) is 12.7. The summed E-state index contributed by atoms with van der Waals surface area (Å²) in [4.78, 5) is 28.1. The topological polar surface area (TPSA) is 113 Å². The van der Waals surface area contributed by atoms with Gasteiger partial charge in [0.25, 0.3) is 11.8 Å².